The molecule has 1 aromatic heterocycles. The summed E-state index contributed by atoms with van der Waals surface area (Å²) in [6.45, 7) is 4.49. The molecule has 0 aliphatic carbocycles. The standard InChI is InChI=1S/C17H28N4/c1-11(2)7-13-10-16(18-3)20-17(19-13)12-8-14-5-6-15(9-12)21(14)4/h10-12,14-15H,5-9H2,1-4H3,(H,18,19,20). The Morgan fingerprint density at radius 2 is 1.90 bits per heavy atom. The lowest BCUT2D eigenvalue weighted by atomic mass is 9.90. The molecule has 1 N–H and O–H groups in total. The molecule has 2 saturated heterocycles. The fourth-order valence-electron chi connectivity index (χ4n) is 3.97. The molecule has 116 valence electrons. The highest BCUT2D eigenvalue weighted by Gasteiger charge is 2.39. The van der Waals surface area contributed by atoms with Crippen LogP contribution in [-0.4, -0.2) is 41.0 Å². The summed E-state index contributed by atoms with van der Waals surface area (Å²) < 4.78 is 0. The van der Waals surface area contributed by atoms with Gasteiger partial charge in [0.05, 0.1) is 0 Å². The van der Waals surface area contributed by atoms with Crippen molar-refractivity contribution >= 4 is 5.82 Å². The highest BCUT2D eigenvalue weighted by atomic mass is 15.2. The molecule has 1 aromatic rings. The first-order chi connectivity index (χ1) is 10.1. The summed E-state index contributed by atoms with van der Waals surface area (Å²) >= 11 is 0. The number of rotatable bonds is 4. The summed E-state index contributed by atoms with van der Waals surface area (Å²) in [6.07, 6.45) is 6.18. The summed E-state index contributed by atoms with van der Waals surface area (Å²) in [5.74, 6) is 3.22. The molecule has 2 aliphatic heterocycles. The summed E-state index contributed by atoms with van der Waals surface area (Å²) in [4.78, 5) is 12.2. The summed E-state index contributed by atoms with van der Waals surface area (Å²) in [7, 11) is 4.23. The molecule has 2 aliphatic rings. The van der Waals surface area contributed by atoms with Crippen LogP contribution in [0.1, 0.15) is 57.0 Å². The van der Waals surface area contributed by atoms with Crippen molar-refractivity contribution in [2.24, 2.45) is 5.92 Å². The summed E-state index contributed by atoms with van der Waals surface area (Å²) in [5, 5.41) is 3.21. The van der Waals surface area contributed by atoms with E-state index in [9.17, 15) is 0 Å². The minimum atomic E-state index is 0.540. The number of hydrogen-bond donors (Lipinski definition) is 1. The van der Waals surface area contributed by atoms with Gasteiger partial charge in [-0.15, -0.1) is 0 Å². The van der Waals surface area contributed by atoms with Crippen LogP contribution in [-0.2, 0) is 6.42 Å². The zero-order chi connectivity index (χ0) is 15.0. The summed E-state index contributed by atoms with van der Waals surface area (Å²) in [5.41, 5.74) is 1.19. The van der Waals surface area contributed by atoms with Gasteiger partial charge in [-0.25, -0.2) is 9.97 Å². The van der Waals surface area contributed by atoms with Crippen LogP contribution in [0.2, 0.25) is 0 Å². The van der Waals surface area contributed by atoms with E-state index in [4.69, 9.17) is 9.97 Å². The van der Waals surface area contributed by atoms with Gasteiger partial charge in [-0.2, -0.15) is 0 Å². The zero-order valence-corrected chi connectivity index (χ0v) is 13.8. The number of nitrogens with one attached hydrogen (secondary N) is 1. The third kappa shape index (κ3) is 3.05. The number of fused-ring (bicyclic) bond motifs is 2. The zero-order valence-electron chi connectivity index (χ0n) is 13.8. The first-order valence-electron chi connectivity index (χ1n) is 8.34. The van der Waals surface area contributed by atoms with Crippen LogP contribution >= 0.6 is 0 Å². The number of anilines is 1. The lowest BCUT2D eigenvalue weighted by molar-refractivity contribution is 0.159. The monoisotopic (exact) mass is 288 g/mol. The van der Waals surface area contributed by atoms with E-state index in [1.165, 1.54) is 31.4 Å². The smallest absolute Gasteiger partial charge is 0.134 e. The largest absolute Gasteiger partial charge is 0.373 e. The van der Waals surface area contributed by atoms with Crippen molar-refractivity contribution < 1.29 is 0 Å². The quantitative estimate of drug-likeness (QED) is 0.924. The third-order valence-corrected chi connectivity index (χ3v) is 5.13. The van der Waals surface area contributed by atoms with Crippen LogP contribution in [0.4, 0.5) is 5.82 Å². The molecule has 0 spiro atoms. The molecule has 3 rings (SSSR count). The van der Waals surface area contributed by atoms with E-state index in [0.717, 1.165) is 30.1 Å². The van der Waals surface area contributed by atoms with Crippen molar-refractivity contribution in [1.29, 1.82) is 0 Å². The Labute approximate surface area is 128 Å². The Balaban J connectivity index is 1.84. The molecule has 0 amide bonds. The molecule has 4 nitrogen and oxygen atoms in total. The van der Waals surface area contributed by atoms with Gasteiger partial charge in [-0.3, -0.25) is 0 Å². The van der Waals surface area contributed by atoms with E-state index in [1.807, 2.05) is 7.05 Å². The molecule has 2 atom stereocenters. The second-order valence-corrected chi connectivity index (χ2v) is 7.17. The van der Waals surface area contributed by atoms with Gasteiger partial charge < -0.3 is 10.2 Å². The van der Waals surface area contributed by atoms with Gasteiger partial charge >= 0.3 is 0 Å². The number of piperidine rings is 1. The molecule has 0 radical (unpaired) electrons. The Kier molecular flexibility index (Phi) is 4.16. The molecule has 21 heavy (non-hydrogen) atoms. The molecule has 2 unspecified atom stereocenters. The number of nitrogens with zero attached hydrogens (tertiary/aromatic N) is 3. The maximum absolute atomic E-state index is 4.90. The SMILES string of the molecule is CNc1cc(CC(C)C)nc(C2CC3CCC(C2)N3C)n1. The molecule has 2 fully saturated rings. The van der Waals surface area contributed by atoms with E-state index >= 15 is 0 Å². The molecular formula is C17H28N4. The normalized spacial score (nSPS) is 29.1. The van der Waals surface area contributed by atoms with Crippen molar-refractivity contribution in [2.45, 2.75) is 64.0 Å². The minimum Gasteiger partial charge on any atom is -0.373 e. The van der Waals surface area contributed by atoms with Crippen molar-refractivity contribution in [3.63, 3.8) is 0 Å². The van der Waals surface area contributed by atoms with Gasteiger partial charge in [0, 0.05) is 36.8 Å². The fourth-order valence-corrected chi connectivity index (χ4v) is 3.97. The third-order valence-electron chi connectivity index (χ3n) is 5.13. The second-order valence-electron chi connectivity index (χ2n) is 7.17. The topological polar surface area (TPSA) is 41.1 Å². The fraction of sp³-hybridized carbons (Fsp3) is 0.765. The first kappa shape index (κ1) is 14.8. The lowest BCUT2D eigenvalue weighted by Crippen LogP contribution is -2.39. The average molecular weight is 288 g/mol. The van der Waals surface area contributed by atoms with E-state index < -0.39 is 0 Å². The Bertz CT molecular complexity index is 486. The maximum Gasteiger partial charge on any atom is 0.134 e. The van der Waals surface area contributed by atoms with Gasteiger partial charge in [0.15, 0.2) is 0 Å². The highest BCUT2D eigenvalue weighted by molar-refractivity contribution is 5.36. The van der Waals surface area contributed by atoms with Gasteiger partial charge in [0.25, 0.3) is 0 Å². The van der Waals surface area contributed by atoms with Crippen LogP contribution in [0.25, 0.3) is 0 Å². The van der Waals surface area contributed by atoms with Crippen LogP contribution in [0, 0.1) is 5.92 Å². The molecule has 2 bridgehead atoms. The Morgan fingerprint density at radius 1 is 1.24 bits per heavy atom. The average Bonchev–Trinajstić information content (AvgIpc) is 2.67. The predicted molar refractivity (Wildman–Crippen MR) is 86.7 cm³/mol. The van der Waals surface area contributed by atoms with Crippen LogP contribution in [0.5, 0.6) is 0 Å². The minimum absolute atomic E-state index is 0.540. The van der Waals surface area contributed by atoms with Gasteiger partial charge in [-0.1, -0.05) is 13.8 Å². The van der Waals surface area contributed by atoms with Crippen molar-refractivity contribution in [3.05, 3.63) is 17.6 Å². The van der Waals surface area contributed by atoms with E-state index in [2.05, 4.69) is 37.2 Å². The van der Waals surface area contributed by atoms with Crippen molar-refractivity contribution in [1.82, 2.24) is 14.9 Å². The molecule has 0 saturated carbocycles. The number of aromatic nitrogens is 2. The maximum atomic E-state index is 4.90. The second kappa shape index (κ2) is 5.91. The van der Waals surface area contributed by atoms with Crippen LogP contribution in [0.3, 0.4) is 0 Å². The van der Waals surface area contributed by atoms with Gasteiger partial charge in [0.1, 0.15) is 11.6 Å². The summed E-state index contributed by atoms with van der Waals surface area (Å²) in [6, 6.07) is 3.58. The molecule has 0 aromatic carbocycles. The molecule has 4 heteroatoms. The Hall–Kier alpha value is -1.16. The van der Waals surface area contributed by atoms with Gasteiger partial charge in [0.2, 0.25) is 0 Å². The highest BCUT2D eigenvalue weighted by Crippen LogP contribution is 2.41. The van der Waals surface area contributed by atoms with Crippen LogP contribution < -0.4 is 5.32 Å². The first-order valence-corrected chi connectivity index (χ1v) is 8.34. The molecule has 3 heterocycles. The van der Waals surface area contributed by atoms with Gasteiger partial charge in [-0.05, 0) is 45.1 Å². The number of hydrogen-bond acceptors (Lipinski definition) is 4. The predicted octanol–water partition coefficient (Wildman–Crippen LogP) is 3.06. The van der Waals surface area contributed by atoms with E-state index in [-0.39, 0.29) is 0 Å². The lowest BCUT2D eigenvalue weighted by Gasteiger charge is -2.35. The van der Waals surface area contributed by atoms with Crippen LogP contribution in [0.15, 0.2) is 6.07 Å². The molecular weight excluding hydrogens is 260 g/mol. The van der Waals surface area contributed by atoms with Crippen molar-refractivity contribution in [2.75, 3.05) is 19.4 Å². The van der Waals surface area contributed by atoms with E-state index in [1.54, 1.807) is 0 Å². The van der Waals surface area contributed by atoms with E-state index in [0.29, 0.717) is 11.8 Å². The van der Waals surface area contributed by atoms with Crippen molar-refractivity contribution in [3.8, 4) is 0 Å². The Morgan fingerprint density at radius 3 is 2.48 bits per heavy atom.